The predicted molar refractivity (Wildman–Crippen MR) is 63.5 cm³/mol. The number of rotatable bonds is 8. The van der Waals surface area contributed by atoms with Crippen LogP contribution in [0.3, 0.4) is 0 Å². The SMILES string of the molecule is NC(=O)C(C(O)(O)O)(C(O)(O)O)C(O)(C(=O)O)C(C(=O)O)C(O)(O)O. The third-order valence-electron chi connectivity index (χ3n) is 3.33. The lowest BCUT2D eigenvalue weighted by molar-refractivity contribution is -0.497. The molecule has 0 aliphatic carbocycles. The van der Waals surface area contributed by atoms with Gasteiger partial charge in [-0.05, 0) is 0 Å². The number of carboxylic acid groups (broad SMARTS) is 2. The van der Waals surface area contributed by atoms with Crippen LogP contribution in [0.4, 0.5) is 0 Å². The Balaban J connectivity index is 7.51. The number of aliphatic hydroxyl groups is 10. The molecule has 16 nitrogen and oxygen atoms in total. The number of carboxylic acids is 2. The van der Waals surface area contributed by atoms with Crippen molar-refractivity contribution < 1.29 is 75.7 Å². The first-order valence-electron chi connectivity index (χ1n) is 5.70. The molecule has 146 valence electrons. The van der Waals surface area contributed by atoms with E-state index in [1.54, 1.807) is 0 Å². The first kappa shape index (κ1) is 23.0. The van der Waals surface area contributed by atoms with E-state index in [-0.39, 0.29) is 0 Å². The van der Waals surface area contributed by atoms with Crippen LogP contribution in [0, 0.1) is 11.3 Å². The molecular weight excluding hydrogens is 362 g/mol. The molecule has 0 aliphatic heterocycles. The second-order valence-corrected chi connectivity index (χ2v) is 4.92. The summed E-state index contributed by atoms with van der Waals surface area (Å²) in [5, 5.41) is 110. The lowest BCUT2D eigenvalue weighted by atomic mass is 9.60. The van der Waals surface area contributed by atoms with Gasteiger partial charge in [0.15, 0.2) is 5.92 Å². The van der Waals surface area contributed by atoms with E-state index >= 15 is 0 Å². The van der Waals surface area contributed by atoms with E-state index in [1.165, 1.54) is 0 Å². The molecule has 0 saturated heterocycles. The topological polar surface area (TPSA) is 320 Å². The van der Waals surface area contributed by atoms with E-state index in [4.69, 9.17) is 25.5 Å². The maximum Gasteiger partial charge on any atom is 0.338 e. The van der Waals surface area contributed by atoms with E-state index < -0.39 is 52.7 Å². The minimum Gasteiger partial charge on any atom is -0.481 e. The van der Waals surface area contributed by atoms with E-state index in [0.717, 1.165) is 0 Å². The molecule has 0 aromatic rings. The first-order valence-corrected chi connectivity index (χ1v) is 5.70. The van der Waals surface area contributed by atoms with Gasteiger partial charge in [-0.1, -0.05) is 0 Å². The fraction of sp³-hybridized carbons (Fsp3) is 0.667. The van der Waals surface area contributed by atoms with E-state index in [2.05, 4.69) is 5.73 Å². The average Bonchev–Trinajstić information content (AvgIpc) is 2.20. The van der Waals surface area contributed by atoms with Crippen molar-refractivity contribution in [3.05, 3.63) is 0 Å². The number of amides is 1. The lowest BCUT2D eigenvalue weighted by Gasteiger charge is -2.51. The Morgan fingerprint density at radius 2 is 1.04 bits per heavy atom. The van der Waals surface area contributed by atoms with Gasteiger partial charge < -0.3 is 67.0 Å². The molecule has 14 N–H and O–H groups in total. The zero-order chi connectivity index (χ0) is 20.8. The van der Waals surface area contributed by atoms with Crippen LogP contribution >= 0.6 is 0 Å². The van der Waals surface area contributed by atoms with E-state index in [0.29, 0.717) is 0 Å². The summed E-state index contributed by atoms with van der Waals surface area (Å²) in [5.74, 6) is -28.4. The molecule has 0 heterocycles. The van der Waals surface area contributed by atoms with Gasteiger partial charge in [0.1, 0.15) is 0 Å². The van der Waals surface area contributed by atoms with Crippen LogP contribution in [-0.4, -0.2) is 103 Å². The zero-order valence-electron chi connectivity index (χ0n) is 11.7. The quantitative estimate of drug-likeness (QED) is 0.174. The maximum atomic E-state index is 11.5. The Bertz CT molecular complexity index is 551. The standard InChI is InChI=1S/C9H15NO15/c10-3(13)6(8(20,21)22,9(23,24)25)5(16,4(14)15)1(2(11)12)7(17,18)19/h1,16-25H,(H2,10,13)(H,11,12)(H,14,15). The van der Waals surface area contributed by atoms with E-state index in [9.17, 15) is 50.1 Å². The number of hydrogen-bond donors (Lipinski definition) is 13. The fourth-order valence-electron chi connectivity index (χ4n) is 2.38. The summed E-state index contributed by atoms with van der Waals surface area (Å²) in [5.41, 5.74) is -5.91. The highest BCUT2D eigenvalue weighted by atomic mass is 16.7. The maximum absolute atomic E-state index is 11.5. The summed E-state index contributed by atoms with van der Waals surface area (Å²) >= 11 is 0. The third-order valence-corrected chi connectivity index (χ3v) is 3.33. The number of primary amides is 1. The molecule has 25 heavy (non-hydrogen) atoms. The van der Waals surface area contributed by atoms with Crippen molar-refractivity contribution in [2.45, 2.75) is 23.5 Å². The van der Waals surface area contributed by atoms with Gasteiger partial charge in [-0.15, -0.1) is 0 Å². The molecule has 0 fully saturated rings. The Morgan fingerprint density at radius 3 is 1.16 bits per heavy atom. The molecule has 1 amide bonds. The highest BCUT2D eigenvalue weighted by Crippen LogP contribution is 2.51. The number of carbonyl (C=O) groups excluding carboxylic acids is 1. The van der Waals surface area contributed by atoms with Gasteiger partial charge in [-0.2, -0.15) is 0 Å². The minimum absolute atomic E-state index is 2.88. The summed E-state index contributed by atoms with van der Waals surface area (Å²) in [6.07, 6.45) is 0. The van der Waals surface area contributed by atoms with Crippen molar-refractivity contribution in [2.24, 2.45) is 17.1 Å². The summed E-state index contributed by atoms with van der Waals surface area (Å²) in [6.45, 7) is 0. The molecule has 0 aliphatic rings. The Morgan fingerprint density at radius 1 is 0.720 bits per heavy atom. The van der Waals surface area contributed by atoms with Crippen molar-refractivity contribution >= 4 is 17.8 Å². The van der Waals surface area contributed by atoms with Crippen molar-refractivity contribution in [1.29, 1.82) is 0 Å². The number of hydrogen-bond acceptors (Lipinski definition) is 13. The smallest absolute Gasteiger partial charge is 0.338 e. The van der Waals surface area contributed by atoms with Crippen LogP contribution in [0.1, 0.15) is 0 Å². The Kier molecular flexibility index (Phi) is 5.59. The minimum atomic E-state index is -5.23. The lowest BCUT2D eigenvalue weighted by Crippen LogP contribution is -2.83. The normalized spacial score (nSPS) is 17.5. The summed E-state index contributed by atoms with van der Waals surface area (Å²) in [4.78, 5) is 33.9. The van der Waals surface area contributed by atoms with Crippen LogP contribution < -0.4 is 5.73 Å². The average molecular weight is 377 g/mol. The number of carbonyl (C=O) groups is 3. The highest BCUT2D eigenvalue weighted by Gasteiger charge is 2.85. The van der Waals surface area contributed by atoms with Crippen molar-refractivity contribution in [2.75, 3.05) is 0 Å². The molecular formula is C9H15NO15. The Hall–Kier alpha value is -1.99. The molecule has 0 saturated carbocycles. The number of nitrogens with two attached hydrogens (primary N) is 1. The first-order chi connectivity index (χ1) is 10.7. The second kappa shape index (κ2) is 6.07. The molecule has 0 aromatic heterocycles. The largest absolute Gasteiger partial charge is 0.481 e. The highest BCUT2D eigenvalue weighted by molar-refractivity contribution is 5.96. The van der Waals surface area contributed by atoms with Gasteiger partial charge in [-0.25, -0.2) is 4.79 Å². The predicted octanol–water partition coefficient (Wildman–Crippen LogP) is -8.13. The van der Waals surface area contributed by atoms with Crippen LogP contribution in [0.5, 0.6) is 0 Å². The van der Waals surface area contributed by atoms with Crippen LogP contribution in [0.2, 0.25) is 0 Å². The number of aliphatic carboxylic acids is 2. The van der Waals surface area contributed by atoms with Gasteiger partial charge >= 0.3 is 23.9 Å². The van der Waals surface area contributed by atoms with Crippen LogP contribution in [0.25, 0.3) is 0 Å². The van der Waals surface area contributed by atoms with Crippen molar-refractivity contribution in [3.8, 4) is 0 Å². The van der Waals surface area contributed by atoms with Crippen molar-refractivity contribution in [1.82, 2.24) is 0 Å². The third kappa shape index (κ3) is 3.14. The van der Waals surface area contributed by atoms with Gasteiger partial charge in [0.25, 0.3) is 5.97 Å². The summed E-state index contributed by atoms with van der Waals surface area (Å²) in [7, 11) is 0. The molecule has 0 bridgehead atoms. The fourth-order valence-corrected chi connectivity index (χ4v) is 2.38. The molecule has 0 rings (SSSR count). The van der Waals surface area contributed by atoms with Crippen LogP contribution in [-0.2, 0) is 14.4 Å². The molecule has 0 aromatic carbocycles. The monoisotopic (exact) mass is 377 g/mol. The molecule has 0 spiro atoms. The summed E-state index contributed by atoms with van der Waals surface area (Å²) < 4.78 is 0. The Labute approximate surface area is 135 Å². The van der Waals surface area contributed by atoms with E-state index in [1.807, 2.05) is 0 Å². The van der Waals surface area contributed by atoms with Crippen LogP contribution in [0.15, 0.2) is 0 Å². The van der Waals surface area contributed by atoms with Crippen molar-refractivity contribution in [3.63, 3.8) is 0 Å². The summed E-state index contributed by atoms with van der Waals surface area (Å²) in [6, 6.07) is 0. The zero-order valence-corrected chi connectivity index (χ0v) is 11.7. The molecule has 16 heteroatoms. The van der Waals surface area contributed by atoms with Gasteiger partial charge in [0.2, 0.25) is 16.9 Å². The van der Waals surface area contributed by atoms with Gasteiger partial charge in [0.05, 0.1) is 0 Å². The second-order valence-electron chi connectivity index (χ2n) is 4.92. The molecule has 2 atom stereocenters. The molecule has 2 unspecified atom stereocenters. The van der Waals surface area contributed by atoms with Gasteiger partial charge in [-0.3, -0.25) is 9.59 Å². The van der Waals surface area contributed by atoms with Gasteiger partial charge in [0, 0.05) is 0 Å². The molecule has 0 radical (unpaired) electrons.